The van der Waals surface area contributed by atoms with Crippen molar-refractivity contribution >= 4 is 35.0 Å². The molecule has 2 aliphatic rings. The van der Waals surface area contributed by atoms with E-state index >= 15 is 0 Å². The van der Waals surface area contributed by atoms with E-state index in [1.54, 1.807) is 41.0 Å². The van der Waals surface area contributed by atoms with Gasteiger partial charge in [-0.2, -0.15) is 0 Å². The van der Waals surface area contributed by atoms with Gasteiger partial charge in [-0.25, -0.2) is 9.97 Å². The fraction of sp³-hybridized carbons (Fsp3) is 0.409. The van der Waals surface area contributed by atoms with Gasteiger partial charge in [0, 0.05) is 48.9 Å². The number of nitrogens with one attached hydrogen (secondary N) is 1. The standard InChI is InChI=1S/C22H24ClN5O3/c1-14-18(22(31)26-17-6-4-16(23)5-7-17)11-24-21(25-14)15-8-10-28(12-15)20(30)13-27-9-2-3-19(27)29/h4-7,11,15H,2-3,8-10,12-13H2,1H3,(H,26,31)/t15-/m0/s1. The predicted octanol–water partition coefficient (Wildman–Crippen LogP) is 2.63. The van der Waals surface area contributed by atoms with Crippen molar-refractivity contribution in [2.45, 2.75) is 32.1 Å². The molecule has 0 saturated carbocycles. The molecule has 8 nitrogen and oxygen atoms in total. The third-order valence-corrected chi connectivity index (χ3v) is 6.00. The summed E-state index contributed by atoms with van der Waals surface area (Å²) in [6.07, 6.45) is 3.65. The zero-order valence-corrected chi connectivity index (χ0v) is 18.1. The molecule has 0 aliphatic carbocycles. The van der Waals surface area contributed by atoms with Crippen LogP contribution in [0.25, 0.3) is 0 Å². The Morgan fingerprint density at radius 2 is 2.00 bits per heavy atom. The molecule has 4 rings (SSSR count). The van der Waals surface area contributed by atoms with Gasteiger partial charge in [0.1, 0.15) is 5.82 Å². The third kappa shape index (κ3) is 4.85. The van der Waals surface area contributed by atoms with Gasteiger partial charge >= 0.3 is 0 Å². The fourth-order valence-corrected chi connectivity index (χ4v) is 4.09. The van der Waals surface area contributed by atoms with Crippen LogP contribution in [-0.2, 0) is 9.59 Å². The minimum atomic E-state index is -0.287. The Bertz CT molecular complexity index is 1010. The molecular formula is C22H24ClN5O3. The van der Waals surface area contributed by atoms with Crippen LogP contribution in [0.4, 0.5) is 5.69 Å². The van der Waals surface area contributed by atoms with Gasteiger partial charge in [-0.1, -0.05) is 11.6 Å². The average Bonchev–Trinajstić information content (AvgIpc) is 3.39. The second kappa shape index (κ2) is 9.01. The molecular weight excluding hydrogens is 418 g/mol. The Morgan fingerprint density at radius 1 is 1.23 bits per heavy atom. The molecule has 2 saturated heterocycles. The lowest BCUT2D eigenvalue weighted by Crippen LogP contribution is -2.39. The Labute approximate surface area is 185 Å². The second-order valence-corrected chi connectivity index (χ2v) is 8.37. The van der Waals surface area contributed by atoms with Gasteiger partial charge in [-0.15, -0.1) is 0 Å². The number of nitrogens with zero attached hydrogens (tertiary/aromatic N) is 4. The molecule has 31 heavy (non-hydrogen) atoms. The quantitative estimate of drug-likeness (QED) is 0.769. The highest BCUT2D eigenvalue weighted by Crippen LogP contribution is 2.26. The summed E-state index contributed by atoms with van der Waals surface area (Å²) in [5.74, 6) is 0.382. The molecule has 0 unspecified atom stereocenters. The first-order valence-electron chi connectivity index (χ1n) is 10.4. The van der Waals surface area contributed by atoms with E-state index in [1.807, 2.05) is 0 Å². The third-order valence-electron chi connectivity index (χ3n) is 5.75. The van der Waals surface area contributed by atoms with E-state index in [0.29, 0.717) is 53.8 Å². The highest BCUT2D eigenvalue weighted by molar-refractivity contribution is 6.30. The van der Waals surface area contributed by atoms with Crippen LogP contribution >= 0.6 is 11.6 Å². The highest BCUT2D eigenvalue weighted by atomic mass is 35.5. The molecule has 0 radical (unpaired) electrons. The number of benzene rings is 1. The molecule has 2 fully saturated rings. The molecule has 3 heterocycles. The van der Waals surface area contributed by atoms with Crippen molar-refractivity contribution in [3.05, 3.63) is 52.6 Å². The first-order chi connectivity index (χ1) is 14.9. The van der Waals surface area contributed by atoms with Gasteiger partial charge in [-0.05, 0) is 44.0 Å². The first-order valence-corrected chi connectivity index (χ1v) is 10.7. The number of aryl methyl sites for hydroxylation is 1. The first kappa shape index (κ1) is 21.2. The van der Waals surface area contributed by atoms with Crippen LogP contribution in [0.5, 0.6) is 0 Å². The van der Waals surface area contributed by atoms with E-state index in [9.17, 15) is 14.4 Å². The number of carbonyl (C=O) groups excluding carboxylic acids is 3. The number of rotatable bonds is 5. The van der Waals surface area contributed by atoms with Gasteiger partial charge in [0.25, 0.3) is 5.91 Å². The molecule has 3 amide bonds. The topological polar surface area (TPSA) is 95.5 Å². The molecule has 1 atom stereocenters. The zero-order chi connectivity index (χ0) is 22.0. The molecule has 1 aromatic carbocycles. The number of likely N-dealkylation sites (tertiary alicyclic amines) is 2. The van der Waals surface area contributed by atoms with Crippen molar-refractivity contribution in [2.75, 3.05) is 31.5 Å². The lowest BCUT2D eigenvalue weighted by Gasteiger charge is -2.21. The number of aromatic nitrogens is 2. The van der Waals surface area contributed by atoms with Crippen LogP contribution in [0, 0.1) is 6.92 Å². The molecule has 2 aliphatic heterocycles. The van der Waals surface area contributed by atoms with E-state index in [0.717, 1.165) is 12.8 Å². The summed E-state index contributed by atoms with van der Waals surface area (Å²) >= 11 is 5.87. The monoisotopic (exact) mass is 441 g/mol. The molecule has 0 bridgehead atoms. The molecule has 2 aromatic rings. The summed E-state index contributed by atoms with van der Waals surface area (Å²) in [4.78, 5) is 49.3. The van der Waals surface area contributed by atoms with Crippen LogP contribution in [0.3, 0.4) is 0 Å². The largest absolute Gasteiger partial charge is 0.340 e. The van der Waals surface area contributed by atoms with Crippen LogP contribution in [-0.4, -0.2) is 63.7 Å². The maximum Gasteiger partial charge on any atom is 0.259 e. The number of carbonyl (C=O) groups is 3. The number of anilines is 1. The van der Waals surface area contributed by atoms with E-state index in [1.165, 1.54) is 6.20 Å². The fourth-order valence-electron chi connectivity index (χ4n) is 3.97. The maximum absolute atomic E-state index is 12.6. The lowest BCUT2D eigenvalue weighted by molar-refractivity contribution is -0.137. The molecule has 9 heteroatoms. The van der Waals surface area contributed by atoms with E-state index in [-0.39, 0.29) is 30.2 Å². The summed E-state index contributed by atoms with van der Waals surface area (Å²) < 4.78 is 0. The van der Waals surface area contributed by atoms with Crippen molar-refractivity contribution in [1.29, 1.82) is 0 Å². The van der Waals surface area contributed by atoms with Crippen molar-refractivity contribution in [3.8, 4) is 0 Å². The van der Waals surface area contributed by atoms with Crippen molar-refractivity contribution in [3.63, 3.8) is 0 Å². The summed E-state index contributed by atoms with van der Waals surface area (Å²) in [5, 5.41) is 3.41. The second-order valence-electron chi connectivity index (χ2n) is 7.93. The Balaban J connectivity index is 1.37. The average molecular weight is 442 g/mol. The minimum absolute atomic E-state index is 0.0188. The molecule has 1 aromatic heterocycles. The van der Waals surface area contributed by atoms with Gasteiger partial charge < -0.3 is 15.1 Å². The summed E-state index contributed by atoms with van der Waals surface area (Å²) in [7, 11) is 0. The van der Waals surface area contributed by atoms with Crippen LogP contribution in [0.2, 0.25) is 5.02 Å². The van der Waals surface area contributed by atoms with Crippen molar-refractivity contribution in [2.24, 2.45) is 0 Å². The molecule has 1 N–H and O–H groups in total. The number of amides is 3. The highest BCUT2D eigenvalue weighted by Gasteiger charge is 2.32. The summed E-state index contributed by atoms with van der Waals surface area (Å²) in [6, 6.07) is 6.86. The van der Waals surface area contributed by atoms with Gasteiger partial charge in [0.05, 0.1) is 17.8 Å². The Kier molecular flexibility index (Phi) is 6.18. The Morgan fingerprint density at radius 3 is 2.68 bits per heavy atom. The number of hydrogen-bond acceptors (Lipinski definition) is 5. The lowest BCUT2D eigenvalue weighted by atomic mass is 10.1. The van der Waals surface area contributed by atoms with Crippen molar-refractivity contribution in [1.82, 2.24) is 19.8 Å². The van der Waals surface area contributed by atoms with E-state index in [4.69, 9.17) is 11.6 Å². The normalized spacial score (nSPS) is 18.5. The van der Waals surface area contributed by atoms with Gasteiger partial charge in [-0.3, -0.25) is 14.4 Å². The zero-order valence-electron chi connectivity index (χ0n) is 17.3. The van der Waals surface area contributed by atoms with Crippen LogP contribution in [0.1, 0.15) is 47.1 Å². The summed E-state index contributed by atoms with van der Waals surface area (Å²) in [5.41, 5.74) is 1.63. The smallest absolute Gasteiger partial charge is 0.259 e. The van der Waals surface area contributed by atoms with Gasteiger partial charge in [0.2, 0.25) is 11.8 Å². The molecule has 0 spiro atoms. The van der Waals surface area contributed by atoms with Crippen LogP contribution in [0.15, 0.2) is 30.5 Å². The van der Waals surface area contributed by atoms with E-state index < -0.39 is 0 Å². The predicted molar refractivity (Wildman–Crippen MR) is 116 cm³/mol. The maximum atomic E-state index is 12.6. The van der Waals surface area contributed by atoms with E-state index in [2.05, 4.69) is 15.3 Å². The van der Waals surface area contributed by atoms with Crippen molar-refractivity contribution < 1.29 is 14.4 Å². The SMILES string of the molecule is Cc1nc([C@H]2CCN(C(=O)CN3CCCC3=O)C2)ncc1C(=O)Nc1ccc(Cl)cc1. The minimum Gasteiger partial charge on any atom is -0.340 e. The van der Waals surface area contributed by atoms with Gasteiger partial charge in [0.15, 0.2) is 0 Å². The summed E-state index contributed by atoms with van der Waals surface area (Å²) in [6.45, 7) is 3.72. The molecule has 162 valence electrons. The number of hydrogen-bond donors (Lipinski definition) is 1. The Hall–Kier alpha value is -3.00. The van der Waals surface area contributed by atoms with Crippen LogP contribution < -0.4 is 5.32 Å². The number of halogens is 1.